The number of benzene rings is 1. The highest BCUT2D eigenvalue weighted by Gasteiger charge is 2.32. The molecule has 0 radical (unpaired) electrons. The number of ether oxygens (including phenoxy) is 1. The molecule has 0 spiro atoms. The number of fused-ring (bicyclic) bond motifs is 1. The van der Waals surface area contributed by atoms with Crippen LogP contribution in [-0.2, 0) is 11.0 Å². The maximum atomic E-state index is 12.6. The average Bonchev–Trinajstić information content (AvgIpc) is 2.27. The Morgan fingerprint density at radius 1 is 1.44 bits per heavy atom. The third-order valence-corrected chi connectivity index (χ3v) is 2.59. The molecule has 18 heavy (non-hydrogen) atoms. The Morgan fingerprint density at radius 3 is 2.78 bits per heavy atom. The molecule has 2 rings (SSSR count). The van der Waals surface area contributed by atoms with Gasteiger partial charge in [0.15, 0.2) is 0 Å². The number of primary amides is 1. The summed E-state index contributed by atoms with van der Waals surface area (Å²) in [5.74, 6) is -0.268. The largest absolute Gasteiger partial charge is 0.490 e. The molecule has 0 fully saturated rings. The molecule has 7 heteroatoms. The van der Waals surface area contributed by atoms with E-state index in [-0.39, 0.29) is 12.2 Å². The summed E-state index contributed by atoms with van der Waals surface area (Å²) in [5, 5.41) is 0. The second-order valence-electron chi connectivity index (χ2n) is 3.92. The number of anilines is 1. The van der Waals surface area contributed by atoms with Gasteiger partial charge in [-0.3, -0.25) is 4.79 Å². The van der Waals surface area contributed by atoms with Crippen molar-refractivity contribution in [3.05, 3.63) is 23.8 Å². The summed E-state index contributed by atoms with van der Waals surface area (Å²) >= 11 is 0. The lowest BCUT2D eigenvalue weighted by Gasteiger charge is -2.30. The highest BCUT2D eigenvalue weighted by Crippen LogP contribution is 2.37. The smallest absolute Gasteiger partial charge is 0.416 e. The molecule has 1 aromatic carbocycles. The molecule has 98 valence electrons. The molecule has 1 aliphatic rings. The molecule has 1 amide bonds. The monoisotopic (exact) mass is 260 g/mol. The van der Waals surface area contributed by atoms with E-state index in [1.165, 1.54) is 11.0 Å². The van der Waals surface area contributed by atoms with Gasteiger partial charge >= 0.3 is 6.18 Å². The van der Waals surface area contributed by atoms with E-state index in [0.29, 0.717) is 18.9 Å². The summed E-state index contributed by atoms with van der Waals surface area (Å²) in [6, 6.07) is 3.18. The second-order valence-corrected chi connectivity index (χ2v) is 3.92. The summed E-state index contributed by atoms with van der Waals surface area (Å²) in [7, 11) is 0. The molecular weight excluding hydrogens is 249 g/mol. The highest BCUT2D eigenvalue weighted by molar-refractivity contribution is 5.80. The Morgan fingerprint density at radius 2 is 2.17 bits per heavy atom. The number of nitrogens with two attached hydrogens (primary N) is 1. The van der Waals surface area contributed by atoms with Gasteiger partial charge in [-0.2, -0.15) is 13.2 Å². The molecule has 1 aromatic rings. The maximum Gasteiger partial charge on any atom is 0.416 e. The molecule has 0 unspecified atom stereocenters. The van der Waals surface area contributed by atoms with Gasteiger partial charge < -0.3 is 15.4 Å². The molecule has 0 saturated heterocycles. The van der Waals surface area contributed by atoms with Crippen LogP contribution >= 0.6 is 0 Å². The number of hydrogen-bond donors (Lipinski definition) is 1. The van der Waals surface area contributed by atoms with Gasteiger partial charge in [-0.1, -0.05) is 0 Å². The molecule has 0 aromatic heterocycles. The molecular formula is C11H11F3N2O2. The summed E-state index contributed by atoms with van der Waals surface area (Å²) in [6.45, 7) is 0.514. The summed E-state index contributed by atoms with van der Waals surface area (Å²) in [5.41, 5.74) is 4.53. The maximum absolute atomic E-state index is 12.6. The number of carbonyl (C=O) groups is 1. The highest BCUT2D eigenvalue weighted by atomic mass is 19.4. The first-order valence-corrected chi connectivity index (χ1v) is 5.25. The average molecular weight is 260 g/mol. The van der Waals surface area contributed by atoms with Gasteiger partial charge in [0.2, 0.25) is 5.91 Å². The van der Waals surface area contributed by atoms with E-state index in [9.17, 15) is 18.0 Å². The van der Waals surface area contributed by atoms with E-state index in [2.05, 4.69) is 0 Å². The molecule has 4 nitrogen and oxygen atoms in total. The van der Waals surface area contributed by atoms with Gasteiger partial charge in [-0.05, 0) is 18.2 Å². The van der Waals surface area contributed by atoms with Crippen molar-refractivity contribution < 1.29 is 22.7 Å². The van der Waals surface area contributed by atoms with Crippen LogP contribution in [0.2, 0.25) is 0 Å². The predicted molar refractivity (Wildman–Crippen MR) is 58.3 cm³/mol. The van der Waals surface area contributed by atoms with Gasteiger partial charge in [0.25, 0.3) is 0 Å². The first-order chi connectivity index (χ1) is 8.38. The molecule has 0 aliphatic carbocycles. The van der Waals surface area contributed by atoms with Crippen LogP contribution in [0.1, 0.15) is 5.56 Å². The SMILES string of the molecule is NC(=O)CN1CCOc2ccc(C(F)(F)F)cc21. The topological polar surface area (TPSA) is 55.6 Å². The minimum absolute atomic E-state index is 0.127. The second kappa shape index (κ2) is 4.40. The van der Waals surface area contributed by atoms with Crippen molar-refractivity contribution in [3.8, 4) is 5.75 Å². The fraction of sp³-hybridized carbons (Fsp3) is 0.364. The Kier molecular flexibility index (Phi) is 3.06. The zero-order chi connectivity index (χ0) is 13.3. The van der Waals surface area contributed by atoms with Crippen molar-refractivity contribution in [1.82, 2.24) is 0 Å². The van der Waals surface area contributed by atoms with E-state index in [4.69, 9.17) is 10.5 Å². The Balaban J connectivity index is 2.38. The quantitative estimate of drug-likeness (QED) is 0.874. The van der Waals surface area contributed by atoms with Gasteiger partial charge in [0.1, 0.15) is 12.4 Å². The number of amides is 1. The number of carbonyl (C=O) groups excluding carboxylic acids is 1. The van der Waals surface area contributed by atoms with Crippen LogP contribution in [0, 0.1) is 0 Å². The minimum Gasteiger partial charge on any atom is -0.490 e. The van der Waals surface area contributed by atoms with Crippen molar-refractivity contribution in [2.45, 2.75) is 6.18 Å². The van der Waals surface area contributed by atoms with Gasteiger partial charge in [0, 0.05) is 0 Å². The molecule has 0 saturated carbocycles. The minimum atomic E-state index is -4.43. The molecule has 2 N–H and O–H groups in total. The summed E-state index contributed by atoms with van der Waals surface area (Å²) < 4.78 is 43.0. The van der Waals surface area contributed by atoms with Gasteiger partial charge in [-0.15, -0.1) is 0 Å². The summed E-state index contributed by atoms with van der Waals surface area (Å²) in [6.07, 6.45) is -4.43. The number of hydrogen-bond acceptors (Lipinski definition) is 3. The van der Waals surface area contributed by atoms with E-state index in [1.807, 2.05) is 0 Å². The van der Waals surface area contributed by atoms with Crippen LogP contribution in [-0.4, -0.2) is 25.6 Å². The molecule has 0 atom stereocenters. The zero-order valence-corrected chi connectivity index (χ0v) is 9.33. The van der Waals surface area contributed by atoms with Crippen LogP contribution < -0.4 is 15.4 Å². The lowest BCUT2D eigenvalue weighted by molar-refractivity contribution is -0.137. The Bertz CT molecular complexity index is 474. The van der Waals surface area contributed by atoms with E-state index in [1.54, 1.807) is 0 Å². The van der Waals surface area contributed by atoms with Crippen molar-refractivity contribution in [1.29, 1.82) is 0 Å². The van der Waals surface area contributed by atoms with E-state index < -0.39 is 17.6 Å². The first kappa shape index (κ1) is 12.5. The van der Waals surface area contributed by atoms with Crippen LogP contribution in [0.4, 0.5) is 18.9 Å². The van der Waals surface area contributed by atoms with Crippen molar-refractivity contribution in [3.63, 3.8) is 0 Å². The standard InChI is InChI=1S/C11H11F3N2O2/c12-11(13,14)7-1-2-9-8(5-7)16(3-4-18-9)6-10(15)17/h1-2,5H,3-4,6H2,(H2,15,17). The third kappa shape index (κ3) is 2.49. The Labute approximate surface area is 101 Å². The van der Waals surface area contributed by atoms with Gasteiger partial charge in [-0.25, -0.2) is 0 Å². The number of rotatable bonds is 2. The zero-order valence-electron chi connectivity index (χ0n) is 9.33. The third-order valence-electron chi connectivity index (χ3n) is 2.59. The normalized spacial score (nSPS) is 14.9. The predicted octanol–water partition coefficient (Wildman–Crippen LogP) is 1.39. The van der Waals surface area contributed by atoms with E-state index in [0.717, 1.165) is 12.1 Å². The number of nitrogens with zero attached hydrogens (tertiary/aromatic N) is 1. The summed E-state index contributed by atoms with van der Waals surface area (Å²) in [4.78, 5) is 12.4. The number of halogens is 3. The van der Waals surface area contributed by atoms with Crippen molar-refractivity contribution in [2.75, 3.05) is 24.6 Å². The molecule has 1 heterocycles. The van der Waals surface area contributed by atoms with E-state index >= 15 is 0 Å². The first-order valence-electron chi connectivity index (χ1n) is 5.25. The fourth-order valence-corrected chi connectivity index (χ4v) is 1.80. The lowest BCUT2D eigenvalue weighted by atomic mass is 10.1. The van der Waals surface area contributed by atoms with Gasteiger partial charge in [0.05, 0.1) is 24.3 Å². The Hall–Kier alpha value is -1.92. The molecule has 0 bridgehead atoms. The van der Waals surface area contributed by atoms with Crippen LogP contribution in [0.25, 0.3) is 0 Å². The lowest BCUT2D eigenvalue weighted by Crippen LogP contribution is -2.39. The van der Waals surface area contributed by atoms with Crippen molar-refractivity contribution >= 4 is 11.6 Å². The fourth-order valence-electron chi connectivity index (χ4n) is 1.80. The van der Waals surface area contributed by atoms with Crippen LogP contribution in [0.5, 0.6) is 5.75 Å². The van der Waals surface area contributed by atoms with Crippen molar-refractivity contribution in [2.24, 2.45) is 5.73 Å². The molecule has 1 aliphatic heterocycles. The number of alkyl halides is 3. The van der Waals surface area contributed by atoms with Crippen LogP contribution in [0.3, 0.4) is 0 Å². The van der Waals surface area contributed by atoms with Crippen LogP contribution in [0.15, 0.2) is 18.2 Å².